The van der Waals surface area contributed by atoms with Crippen LogP contribution in [0.25, 0.3) is 88.4 Å². The Morgan fingerprint density at radius 3 is 1.43 bits per heavy atom. The van der Waals surface area contributed by atoms with Crippen molar-refractivity contribution in [1.29, 1.82) is 5.26 Å². The highest BCUT2D eigenvalue weighted by Gasteiger charge is 2.35. The second-order valence-electron chi connectivity index (χ2n) is 15.8. The number of fused-ring (bicyclic) bond motifs is 6. The minimum atomic E-state index is -4.65. The predicted octanol–water partition coefficient (Wildman–Crippen LogP) is 15.0. The Morgan fingerprint density at radius 1 is 0.433 bits per heavy atom. The first-order chi connectivity index (χ1) is 29.0. The van der Waals surface area contributed by atoms with Crippen LogP contribution in [0.3, 0.4) is 0 Å². The third-order valence-electron chi connectivity index (χ3n) is 12.0. The molecule has 10 rings (SSSR count). The molecule has 0 saturated carbocycles. The molecule has 10 aromatic rings. The number of nitrogens with zero attached hydrogens (tertiary/aromatic N) is 3. The van der Waals surface area contributed by atoms with E-state index in [2.05, 4.69) is 113 Å². The van der Waals surface area contributed by atoms with E-state index in [1.54, 1.807) is 18.2 Å². The van der Waals surface area contributed by atoms with Gasteiger partial charge in [0.05, 0.1) is 44.6 Å². The average molecular weight is 786 g/mol. The molecule has 0 radical (unpaired) electrons. The lowest BCUT2D eigenvalue weighted by Gasteiger charge is -2.21. The van der Waals surface area contributed by atoms with E-state index in [9.17, 15) is 5.26 Å². The lowest BCUT2D eigenvalue weighted by molar-refractivity contribution is -0.137. The maximum atomic E-state index is 15.2. The topological polar surface area (TPSA) is 33.6 Å². The summed E-state index contributed by atoms with van der Waals surface area (Å²) in [5, 5.41) is 15.0. The molecule has 0 atom stereocenters. The molecule has 0 N–H and O–H groups in total. The van der Waals surface area contributed by atoms with Gasteiger partial charge in [-0.2, -0.15) is 18.4 Å². The molecule has 290 valence electrons. The van der Waals surface area contributed by atoms with Crippen LogP contribution in [0.5, 0.6) is 0 Å². The summed E-state index contributed by atoms with van der Waals surface area (Å²) in [6.07, 6.45) is -4.65. The van der Waals surface area contributed by atoms with Gasteiger partial charge in [0.25, 0.3) is 0 Å². The molecule has 6 heteroatoms. The summed E-state index contributed by atoms with van der Waals surface area (Å²) in [6, 6.07) is 53.2. The third-order valence-corrected chi connectivity index (χ3v) is 12.0. The van der Waals surface area contributed by atoms with Gasteiger partial charge < -0.3 is 9.13 Å². The number of para-hydroxylation sites is 2. The highest BCUT2D eigenvalue weighted by Crippen LogP contribution is 2.45. The maximum Gasteiger partial charge on any atom is 0.417 e. The smallest absolute Gasteiger partial charge is 0.309 e. The first-order valence-corrected chi connectivity index (χ1v) is 20.0. The van der Waals surface area contributed by atoms with Gasteiger partial charge >= 0.3 is 6.18 Å². The largest absolute Gasteiger partial charge is 0.417 e. The Hall–Kier alpha value is -7.36. The van der Waals surface area contributed by atoms with Crippen molar-refractivity contribution in [2.24, 2.45) is 0 Å². The fraction of sp³-hybridized carbons (Fsp3) is 0.0926. The number of benzene rings is 8. The zero-order valence-electron chi connectivity index (χ0n) is 33.5. The van der Waals surface area contributed by atoms with E-state index in [1.807, 2.05) is 51.6 Å². The minimum absolute atomic E-state index is 0.0268. The van der Waals surface area contributed by atoms with Crippen molar-refractivity contribution < 1.29 is 13.2 Å². The number of hydrogen-bond donors (Lipinski definition) is 0. The van der Waals surface area contributed by atoms with Crippen LogP contribution in [0.1, 0.15) is 33.4 Å². The number of nitriles is 1. The van der Waals surface area contributed by atoms with Gasteiger partial charge in [0.15, 0.2) is 0 Å². The van der Waals surface area contributed by atoms with E-state index in [0.717, 1.165) is 88.6 Å². The fourth-order valence-corrected chi connectivity index (χ4v) is 9.29. The number of halogens is 3. The van der Waals surface area contributed by atoms with Gasteiger partial charge in [0.1, 0.15) is 6.07 Å². The van der Waals surface area contributed by atoms with E-state index in [1.165, 1.54) is 17.7 Å². The molecule has 0 spiro atoms. The molecule has 8 aromatic carbocycles. The van der Waals surface area contributed by atoms with Crippen LogP contribution in [0.4, 0.5) is 13.2 Å². The predicted molar refractivity (Wildman–Crippen MR) is 240 cm³/mol. The van der Waals surface area contributed by atoms with Crippen molar-refractivity contribution in [3.05, 3.63) is 191 Å². The number of aromatic nitrogens is 2. The molecule has 0 saturated heterocycles. The number of aryl methyl sites for hydroxylation is 4. The van der Waals surface area contributed by atoms with Gasteiger partial charge in [-0.25, -0.2) is 0 Å². The summed E-state index contributed by atoms with van der Waals surface area (Å²) in [4.78, 5) is 0. The van der Waals surface area contributed by atoms with Crippen LogP contribution in [-0.2, 0) is 6.18 Å². The highest BCUT2D eigenvalue weighted by atomic mass is 19.4. The van der Waals surface area contributed by atoms with Gasteiger partial charge in [-0.3, -0.25) is 0 Å². The SMILES string of the molecule is Cc1ccc(-c2ccc3c4ccccc4n(-c4cc(-c5ccccc5C(F)(F)F)c(-n5c6ccccc6c6ccc(-c7ccc(C)cc7C)cc65)cc4C#N)c3c2)c(C)c1. The summed E-state index contributed by atoms with van der Waals surface area (Å²) in [7, 11) is 0. The summed E-state index contributed by atoms with van der Waals surface area (Å²) in [5.41, 5.74) is 13.0. The van der Waals surface area contributed by atoms with Gasteiger partial charge in [0.2, 0.25) is 0 Å². The Kier molecular flexibility index (Phi) is 8.55. The zero-order valence-corrected chi connectivity index (χ0v) is 33.5. The van der Waals surface area contributed by atoms with Crippen LogP contribution in [0.2, 0.25) is 0 Å². The highest BCUT2D eigenvalue weighted by molar-refractivity contribution is 6.12. The molecule has 3 nitrogen and oxygen atoms in total. The summed E-state index contributed by atoms with van der Waals surface area (Å²) in [6.45, 7) is 8.32. The number of rotatable bonds is 5. The van der Waals surface area contributed by atoms with Crippen molar-refractivity contribution in [3.63, 3.8) is 0 Å². The molecular formula is C54H38F3N3. The summed E-state index contributed by atoms with van der Waals surface area (Å²) < 4.78 is 49.5. The van der Waals surface area contributed by atoms with Crippen LogP contribution < -0.4 is 0 Å². The molecule has 60 heavy (non-hydrogen) atoms. The van der Waals surface area contributed by atoms with E-state index in [0.29, 0.717) is 22.5 Å². The van der Waals surface area contributed by atoms with Crippen LogP contribution in [-0.4, -0.2) is 9.13 Å². The van der Waals surface area contributed by atoms with Crippen LogP contribution >= 0.6 is 0 Å². The third kappa shape index (κ3) is 5.88. The molecule has 0 aliphatic heterocycles. The van der Waals surface area contributed by atoms with Crippen LogP contribution in [0, 0.1) is 39.0 Å². The molecule has 0 fully saturated rings. The van der Waals surface area contributed by atoms with Gasteiger partial charge in [-0.15, -0.1) is 0 Å². The van der Waals surface area contributed by atoms with Crippen molar-refractivity contribution in [2.45, 2.75) is 33.9 Å². The van der Waals surface area contributed by atoms with E-state index in [4.69, 9.17) is 0 Å². The Balaban J connectivity index is 1.33. The fourth-order valence-electron chi connectivity index (χ4n) is 9.29. The van der Waals surface area contributed by atoms with Gasteiger partial charge in [-0.1, -0.05) is 126 Å². The first-order valence-electron chi connectivity index (χ1n) is 20.0. The van der Waals surface area contributed by atoms with E-state index in [-0.39, 0.29) is 5.56 Å². The van der Waals surface area contributed by atoms with Crippen molar-refractivity contribution in [2.75, 3.05) is 0 Å². The average Bonchev–Trinajstić information content (AvgIpc) is 3.75. The quantitative estimate of drug-likeness (QED) is 0.171. The second kappa shape index (κ2) is 13.9. The van der Waals surface area contributed by atoms with Crippen molar-refractivity contribution >= 4 is 43.6 Å². The Bertz CT molecular complexity index is 3430. The number of alkyl halides is 3. The summed E-state index contributed by atoms with van der Waals surface area (Å²) in [5.74, 6) is 0. The Morgan fingerprint density at radius 2 is 0.917 bits per heavy atom. The molecule has 2 heterocycles. The molecule has 0 unspecified atom stereocenters. The molecule has 0 aliphatic carbocycles. The zero-order chi connectivity index (χ0) is 41.4. The molecule has 0 aliphatic rings. The van der Waals surface area contributed by atoms with E-state index >= 15 is 13.2 Å². The molecule has 0 amide bonds. The van der Waals surface area contributed by atoms with Gasteiger partial charge in [-0.05, 0) is 109 Å². The van der Waals surface area contributed by atoms with Crippen molar-refractivity contribution in [3.8, 4) is 50.8 Å². The van der Waals surface area contributed by atoms with E-state index < -0.39 is 11.7 Å². The normalized spacial score (nSPS) is 11.9. The first kappa shape index (κ1) is 36.9. The van der Waals surface area contributed by atoms with Crippen LogP contribution in [0.15, 0.2) is 158 Å². The minimum Gasteiger partial charge on any atom is -0.309 e. The second-order valence-corrected chi connectivity index (χ2v) is 15.8. The maximum absolute atomic E-state index is 15.2. The van der Waals surface area contributed by atoms with Crippen molar-refractivity contribution in [1.82, 2.24) is 9.13 Å². The monoisotopic (exact) mass is 785 g/mol. The molecule has 2 aromatic heterocycles. The lowest BCUT2D eigenvalue weighted by Crippen LogP contribution is -2.09. The lowest BCUT2D eigenvalue weighted by atomic mass is 9.94. The standard InChI is InChI=1S/C54H38F3N3/c1-32-17-21-39(34(3)25-32)36-19-23-44-42-12-6-9-15-48(42)59(51(44)27-36)50-30-46(41-11-5-8-14-47(41)54(55,56)57)53(29-38(50)31-58)60-49-16-10-7-13-43(49)45-24-20-37(28-52(45)60)40-22-18-33(2)26-35(40)4/h5-30H,1-4H3. The van der Waals surface area contributed by atoms with Gasteiger partial charge in [0, 0.05) is 27.1 Å². The number of hydrogen-bond acceptors (Lipinski definition) is 1. The Labute approximate surface area is 345 Å². The molecule has 0 bridgehead atoms. The molecular weight excluding hydrogens is 748 g/mol. The summed E-state index contributed by atoms with van der Waals surface area (Å²) >= 11 is 0.